The predicted octanol–water partition coefficient (Wildman–Crippen LogP) is 2.49. The quantitative estimate of drug-likeness (QED) is 0.830. The molecule has 0 heterocycles. The van der Waals surface area contributed by atoms with E-state index in [-0.39, 0.29) is 6.04 Å². The zero-order valence-electron chi connectivity index (χ0n) is 13.2. The lowest BCUT2D eigenvalue weighted by Crippen LogP contribution is -2.56. The second kappa shape index (κ2) is 6.70. The molecule has 2 N–H and O–H groups in total. The molecule has 1 aromatic carbocycles. The van der Waals surface area contributed by atoms with Crippen molar-refractivity contribution in [2.75, 3.05) is 34.2 Å². The van der Waals surface area contributed by atoms with Gasteiger partial charge in [0.25, 0.3) is 0 Å². The van der Waals surface area contributed by atoms with Gasteiger partial charge in [-0.1, -0.05) is 30.3 Å². The maximum absolute atomic E-state index is 6.28. The number of benzene rings is 1. The Bertz CT molecular complexity index is 398. The lowest BCUT2D eigenvalue weighted by molar-refractivity contribution is 0.0272. The van der Waals surface area contributed by atoms with Gasteiger partial charge < -0.3 is 15.5 Å². The lowest BCUT2D eigenvalue weighted by Gasteiger charge is -2.49. The van der Waals surface area contributed by atoms with Crippen LogP contribution in [-0.4, -0.2) is 49.6 Å². The molecule has 3 heteroatoms. The van der Waals surface area contributed by atoms with E-state index in [1.54, 1.807) is 0 Å². The minimum absolute atomic E-state index is 0.148. The van der Waals surface area contributed by atoms with Crippen LogP contribution < -0.4 is 5.73 Å². The molecule has 0 radical (unpaired) electrons. The van der Waals surface area contributed by atoms with Crippen molar-refractivity contribution in [2.24, 2.45) is 5.73 Å². The van der Waals surface area contributed by atoms with E-state index in [2.05, 4.69) is 55.2 Å². The van der Waals surface area contributed by atoms with Gasteiger partial charge in [0.1, 0.15) is 0 Å². The molecule has 1 fully saturated rings. The highest BCUT2D eigenvalue weighted by molar-refractivity contribution is 5.18. The fourth-order valence-corrected chi connectivity index (χ4v) is 3.14. The average Bonchev–Trinajstić information content (AvgIpc) is 2.40. The monoisotopic (exact) mass is 275 g/mol. The second-order valence-electron chi connectivity index (χ2n) is 6.52. The van der Waals surface area contributed by atoms with Gasteiger partial charge in [-0.3, -0.25) is 0 Å². The van der Waals surface area contributed by atoms with Crippen LogP contribution in [0.2, 0.25) is 0 Å². The number of likely N-dealkylation sites (N-methyl/N-ethyl adjacent to an activating group) is 2. The van der Waals surface area contributed by atoms with Crippen molar-refractivity contribution in [3.63, 3.8) is 0 Å². The molecular weight excluding hydrogens is 246 g/mol. The second-order valence-corrected chi connectivity index (χ2v) is 6.52. The smallest absolute Gasteiger partial charge is 0.0330 e. The van der Waals surface area contributed by atoms with E-state index in [0.29, 0.717) is 5.54 Å². The molecular formula is C17H29N3. The Morgan fingerprint density at radius 3 is 2.30 bits per heavy atom. The van der Waals surface area contributed by atoms with Crippen molar-refractivity contribution in [3.8, 4) is 0 Å². The largest absolute Gasteiger partial charge is 0.324 e. The Balaban J connectivity index is 1.79. The lowest BCUT2D eigenvalue weighted by atomic mass is 9.75. The van der Waals surface area contributed by atoms with Crippen molar-refractivity contribution in [2.45, 2.75) is 37.3 Å². The Labute approximate surface area is 123 Å². The van der Waals surface area contributed by atoms with Gasteiger partial charge in [-0.05, 0) is 58.9 Å². The van der Waals surface area contributed by atoms with Crippen LogP contribution in [0.15, 0.2) is 30.3 Å². The maximum Gasteiger partial charge on any atom is 0.0330 e. The van der Waals surface area contributed by atoms with Gasteiger partial charge in [0.2, 0.25) is 0 Å². The van der Waals surface area contributed by atoms with E-state index in [0.717, 1.165) is 19.5 Å². The van der Waals surface area contributed by atoms with Gasteiger partial charge >= 0.3 is 0 Å². The van der Waals surface area contributed by atoms with E-state index >= 15 is 0 Å². The minimum atomic E-state index is 0.148. The number of rotatable bonds is 7. The topological polar surface area (TPSA) is 32.5 Å². The van der Waals surface area contributed by atoms with Crippen LogP contribution in [0.4, 0.5) is 0 Å². The summed E-state index contributed by atoms with van der Waals surface area (Å²) in [5, 5.41) is 0. The SMILES string of the molecule is CN(CCC(N)c1ccccc1)CC1(N(C)C)CCC1. The third-order valence-corrected chi connectivity index (χ3v) is 4.85. The summed E-state index contributed by atoms with van der Waals surface area (Å²) < 4.78 is 0. The first-order chi connectivity index (χ1) is 9.53. The Hall–Kier alpha value is -0.900. The molecule has 0 amide bonds. The van der Waals surface area contributed by atoms with Crippen LogP contribution in [0.3, 0.4) is 0 Å². The van der Waals surface area contributed by atoms with Crippen LogP contribution in [-0.2, 0) is 0 Å². The van der Waals surface area contributed by atoms with Crippen LogP contribution in [0.1, 0.15) is 37.3 Å². The Kier molecular flexibility index (Phi) is 5.19. The van der Waals surface area contributed by atoms with Gasteiger partial charge in [0.15, 0.2) is 0 Å². The van der Waals surface area contributed by atoms with Crippen LogP contribution in [0.5, 0.6) is 0 Å². The molecule has 0 saturated heterocycles. The van der Waals surface area contributed by atoms with E-state index in [4.69, 9.17) is 5.73 Å². The minimum Gasteiger partial charge on any atom is -0.324 e. The third kappa shape index (κ3) is 3.60. The van der Waals surface area contributed by atoms with Crippen molar-refractivity contribution >= 4 is 0 Å². The molecule has 0 bridgehead atoms. The highest BCUT2D eigenvalue weighted by Gasteiger charge is 2.39. The zero-order chi connectivity index (χ0) is 14.6. The first-order valence-corrected chi connectivity index (χ1v) is 7.70. The molecule has 1 aliphatic carbocycles. The number of nitrogens with zero attached hydrogens (tertiary/aromatic N) is 2. The maximum atomic E-state index is 6.28. The van der Waals surface area contributed by atoms with Gasteiger partial charge in [0, 0.05) is 18.1 Å². The summed E-state index contributed by atoms with van der Waals surface area (Å²) in [6, 6.07) is 10.6. The molecule has 1 unspecified atom stereocenters. The normalized spacial score (nSPS) is 19.1. The Morgan fingerprint density at radius 1 is 1.15 bits per heavy atom. The first kappa shape index (κ1) is 15.5. The van der Waals surface area contributed by atoms with Gasteiger partial charge in [-0.2, -0.15) is 0 Å². The molecule has 0 aromatic heterocycles. The highest BCUT2D eigenvalue weighted by atomic mass is 15.2. The highest BCUT2D eigenvalue weighted by Crippen LogP contribution is 2.36. The van der Waals surface area contributed by atoms with Gasteiger partial charge in [-0.15, -0.1) is 0 Å². The fourth-order valence-electron chi connectivity index (χ4n) is 3.14. The summed E-state index contributed by atoms with van der Waals surface area (Å²) in [7, 11) is 6.65. The predicted molar refractivity (Wildman–Crippen MR) is 85.8 cm³/mol. The number of hydrogen-bond donors (Lipinski definition) is 1. The molecule has 2 rings (SSSR count). The standard InChI is InChI=1S/C17H29N3/c1-19(2)17(11-7-12-17)14-20(3)13-10-16(18)15-8-5-4-6-9-15/h4-6,8-9,16H,7,10-14,18H2,1-3H3. The van der Waals surface area contributed by atoms with Crippen molar-refractivity contribution in [1.29, 1.82) is 0 Å². The molecule has 3 nitrogen and oxygen atoms in total. The van der Waals surface area contributed by atoms with Crippen LogP contribution in [0.25, 0.3) is 0 Å². The molecule has 1 aromatic rings. The molecule has 1 atom stereocenters. The molecule has 20 heavy (non-hydrogen) atoms. The summed E-state index contributed by atoms with van der Waals surface area (Å²) >= 11 is 0. The average molecular weight is 275 g/mol. The Morgan fingerprint density at radius 2 is 1.80 bits per heavy atom. The van der Waals surface area contributed by atoms with E-state index in [9.17, 15) is 0 Å². The number of hydrogen-bond acceptors (Lipinski definition) is 3. The summed E-state index contributed by atoms with van der Waals surface area (Å²) in [5.41, 5.74) is 7.93. The zero-order valence-corrected chi connectivity index (χ0v) is 13.2. The third-order valence-electron chi connectivity index (χ3n) is 4.85. The van der Waals surface area contributed by atoms with E-state index in [1.165, 1.54) is 24.8 Å². The fraction of sp³-hybridized carbons (Fsp3) is 0.647. The van der Waals surface area contributed by atoms with E-state index < -0.39 is 0 Å². The van der Waals surface area contributed by atoms with Crippen LogP contribution >= 0.6 is 0 Å². The van der Waals surface area contributed by atoms with E-state index in [1.807, 2.05) is 6.07 Å². The number of nitrogens with two attached hydrogens (primary N) is 1. The molecule has 0 spiro atoms. The summed E-state index contributed by atoms with van der Waals surface area (Å²) in [6.45, 7) is 2.22. The molecule has 1 aliphatic rings. The summed E-state index contributed by atoms with van der Waals surface area (Å²) in [5.74, 6) is 0. The van der Waals surface area contributed by atoms with Gasteiger partial charge in [0.05, 0.1) is 0 Å². The van der Waals surface area contributed by atoms with Crippen molar-refractivity contribution < 1.29 is 0 Å². The van der Waals surface area contributed by atoms with Crippen molar-refractivity contribution in [1.82, 2.24) is 9.80 Å². The summed E-state index contributed by atoms with van der Waals surface area (Å²) in [6.07, 6.45) is 5.05. The molecule has 112 valence electrons. The van der Waals surface area contributed by atoms with Gasteiger partial charge in [-0.25, -0.2) is 0 Å². The first-order valence-electron chi connectivity index (χ1n) is 7.70. The van der Waals surface area contributed by atoms with Crippen LogP contribution in [0, 0.1) is 0 Å². The van der Waals surface area contributed by atoms with Crippen molar-refractivity contribution in [3.05, 3.63) is 35.9 Å². The summed E-state index contributed by atoms with van der Waals surface area (Å²) in [4.78, 5) is 4.85. The molecule has 0 aliphatic heterocycles. The molecule has 1 saturated carbocycles.